The average Bonchev–Trinajstić information content (AvgIpc) is 2.86. The molecule has 4 aromatic rings. The molecule has 1 unspecified atom stereocenters. The number of fused-ring (bicyclic) bond motifs is 1. The van der Waals surface area contributed by atoms with Crippen LogP contribution in [0.2, 0.25) is 0 Å². The molecular formula is C29H29NO4. The summed E-state index contributed by atoms with van der Waals surface area (Å²) in [5.41, 5.74) is 1.70. The van der Waals surface area contributed by atoms with Gasteiger partial charge >= 0.3 is 0 Å². The van der Waals surface area contributed by atoms with Gasteiger partial charge in [0.15, 0.2) is 0 Å². The van der Waals surface area contributed by atoms with Crippen LogP contribution in [0.4, 0.5) is 0 Å². The molecule has 0 aliphatic carbocycles. The van der Waals surface area contributed by atoms with E-state index in [2.05, 4.69) is 5.32 Å². The summed E-state index contributed by atoms with van der Waals surface area (Å²) < 4.78 is 12.3. The normalized spacial score (nSPS) is 15.8. The van der Waals surface area contributed by atoms with Crippen LogP contribution in [0, 0.1) is 0 Å². The number of aromatic hydroxyl groups is 2. The Bertz CT molecular complexity index is 1260. The van der Waals surface area contributed by atoms with Gasteiger partial charge in [-0.05, 0) is 97.4 Å². The Balaban J connectivity index is 1.37. The van der Waals surface area contributed by atoms with Gasteiger partial charge in [-0.1, -0.05) is 24.6 Å². The van der Waals surface area contributed by atoms with Gasteiger partial charge in [-0.3, -0.25) is 0 Å². The number of ether oxygens (including phenoxy) is 2. The van der Waals surface area contributed by atoms with Gasteiger partial charge in [0.05, 0.1) is 6.61 Å². The predicted octanol–water partition coefficient (Wildman–Crippen LogP) is 6.62. The highest BCUT2D eigenvalue weighted by Crippen LogP contribution is 2.41. The van der Waals surface area contributed by atoms with Crippen molar-refractivity contribution in [2.75, 3.05) is 13.2 Å². The fourth-order valence-electron chi connectivity index (χ4n) is 4.51. The van der Waals surface area contributed by atoms with Gasteiger partial charge in [-0.2, -0.15) is 0 Å². The monoisotopic (exact) mass is 455 g/mol. The predicted molar refractivity (Wildman–Crippen MR) is 135 cm³/mol. The summed E-state index contributed by atoms with van der Waals surface area (Å²) in [4.78, 5) is 0. The number of phenolic OH excluding ortho intramolecular Hbond substituents is 2. The van der Waals surface area contributed by atoms with Crippen molar-refractivity contribution in [1.82, 2.24) is 5.32 Å². The zero-order valence-corrected chi connectivity index (χ0v) is 19.0. The van der Waals surface area contributed by atoms with Gasteiger partial charge in [0.25, 0.3) is 0 Å². The topological polar surface area (TPSA) is 71.0 Å². The summed E-state index contributed by atoms with van der Waals surface area (Å²) in [5, 5.41) is 25.2. The largest absolute Gasteiger partial charge is 0.508 e. The van der Waals surface area contributed by atoms with Crippen LogP contribution in [0.25, 0.3) is 21.9 Å². The molecular weight excluding hydrogens is 426 g/mol. The number of rotatable bonds is 7. The van der Waals surface area contributed by atoms with Crippen molar-refractivity contribution in [3.05, 3.63) is 78.9 Å². The van der Waals surface area contributed by atoms with Crippen LogP contribution in [0.5, 0.6) is 28.7 Å². The van der Waals surface area contributed by atoms with Crippen molar-refractivity contribution in [2.24, 2.45) is 0 Å². The molecule has 5 heteroatoms. The summed E-state index contributed by atoms with van der Waals surface area (Å²) in [6.07, 6.45) is 4.79. The lowest BCUT2D eigenvalue weighted by Gasteiger charge is -2.23. The first-order valence-electron chi connectivity index (χ1n) is 11.8. The summed E-state index contributed by atoms with van der Waals surface area (Å²) in [6, 6.07) is 24.4. The van der Waals surface area contributed by atoms with E-state index in [1.807, 2.05) is 54.6 Å². The van der Waals surface area contributed by atoms with Gasteiger partial charge in [0.1, 0.15) is 28.7 Å². The Hall–Kier alpha value is -3.70. The highest BCUT2D eigenvalue weighted by molar-refractivity contribution is 5.96. The lowest BCUT2D eigenvalue weighted by Crippen LogP contribution is -2.35. The number of piperidine rings is 1. The van der Waals surface area contributed by atoms with Gasteiger partial charge in [0, 0.05) is 17.0 Å². The first-order valence-corrected chi connectivity index (χ1v) is 11.8. The van der Waals surface area contributed by atoms with Crippen molar-refractivity contribution in [2.45, 2.75) is 31.7 Å². The lowest BCUT2D eigenvalue weighted by atomic mass is 9.99. The molecule has 3 N–H and O–H groups in total. The highest BCUT2D eigenvalue weighted by atomic mass is 16.5. The molecule has 1 aliphatic heterocycles. The van der Waals surface area contributed by atoms with Crippen LogP contribution in [-0.4, -0.2) is 29.4 Å². The molecule has 0 aromatic heterocycles. The molecule has 0 amide bonds. The Kier molecular flexibility index (Phi) is 6.54. The molecule has 5 nitrogen and oxygen atoms in total. The molecule has 4 aromatic carbocycles. The molecule has 0 radical (unpaired) electrons. The van der Waals surface area contributed by atoms with Gasteiger partial charge < -0.3 is 25.0 Å². The second-order valence-electron chi connectivity index (χ2n) is 8.76. The maximum absolute atomic E-state index is 10.00. The van der Waals surface area contributed by atoms with Gasteiger partial charge in [0.2, 0.25) is 0 Å². The smallest absolute Gasteiger partial charge is 0.143 e. The fourth-order valence-corrected chi connectivity index (χ4v) is 4.51. The Morgan fingerprint density at radius 1 is 0.824 bits per heavy atom. The summed E-state index contributed by atoms with van der Waals surface area (Å²) in [7, 11) is 0. The maximum Gasteiger partial charge on any atom is 0.143 e. The third-order valence-electron chi connectivity index (χ3n) is 6.30. The summed E-state index contributed by atoms with van der Waals surface area (Å²) in [5.74, 6) is 2.57. The zero-order chi connectivity index (χ0) is 23.3. The average molecular weight is 456 g/mol. The van der Waals surface area contributed by atoms with Crippen molar-refractivity contribution >= 4 is 10.8 Å². The molecule has 1 fully saturated rings. The minimum Gasteiger partial charge on any atom is -0.508 e. The SMILES string of the molecule is Oc1cccc(-c2ccc3cc(O)ccc3c2Oc2ccc(OCCC3CCCCN3)cc2)c1. The molecule has 5 rings (SSSR count). The summed E-state index contributed by atoms with van der Waals surface area (Å²) in [6.45, 7) is 1.79. The first-order chi connectivity index (χ1) is 16.7. The number of phenols is 2. The molecule has 174 valence electrons. The lowest BCUT2D eigenvalue weighted by molar-refractivity contribution is 0.268. The number of hydrogen-bond acceptors (Lipinski definition) is 5. The number of nitrogens with one attached hydrogen (secondary N) is 1. The molecule has 0 spiro atoms. The maximum atomic E-state index is 10.00. The third kappa shape index (κ3) is 5.10. The second-order valence-corrected chi connectivity index (χ2v) is 8.76. The van der Waals surface area contributed by atoms with Gasteiger partial charge in [-0.25, -0.2) is 0 Å². The molecule has 1 atom stereocenters. The van der Waals surface area contributed by atoms with E-state index in [9.17, 15) is 10.2 Å². The van der Waals surface area contributed by atoms with E-state index in [4.69, 9.17) is 9.47 Å². The van der Waals surface area contributed by atoms with E-state index in [1.165, 1.54) is 19.3 Å². The van der Waals surface area contributed by atoms with Gasteiger partial charge in [-0.15, -0.1) is 0 Å². The molecule has 0 saturated carbocycles. The molecule has 1 heterocycles. The van der Waals surface area contributed by atoms with Crippen LogP contribution in [0.15, 0.2) is 78.9 Å². The fraction of sp³-hybridized carbons (Fsp3) is 0.241. The number of hydrogen-bond donors (Lipinski definition) is 3. The van der Waals surface area contributed by atoms with E-state index >= 15 is 0 Å². The summed E-state index contributed by atoms with van der Waals surface area (Å²) >= 11 is 0. The van der Waals surface area contributed by atoms with Crippen LogP contribution >= 0.6 is 0 Å². The number of benzene rings is 4. The van der Waals surface area contributed by atoms with Crippen molar-refractivity contribution in [3.63, 3.8) is 0 Å². The van der Waals surface area contributed by atoms with Crippen molar-refractivity contribution in [3.8, 4) is 39.9 Å². The zero-order valence-electron chi connectivity index (χ0n) is 19.0. The van der Waals surface area contributed by atoms with Crippen molar-refractivity contribution < 1.29 is 19.7 Å². The minimum atomic E-state index is 0.194. The Morgan fingerprint density at radius 2 is 1.65 bits per heavy atom. The van der Waals surface area contributed by atoms with Crippen LogP contribution in [0.3, 0.4) is 0 Å². The minimum absolute atomic E-state index is 0.194. The Labute approximate surface area is 199 Å². The van der Waals surface area contributed by atoms with Crippen LogP contribution in [-0.2, 0) is 0 Å². The Morgan fingerprint density at radius 3 is 2.44 bits per heavy atom. The molecule has 1 saturated heterocycles. The van der Waals surface area contributed by atoms with E-state index in [0.29, 0.717) is 24.1 Å². The highest BCUT2D eigenvalue weighted by Gasteiger charge is 2.14. The second kappa shape index (κ2) is 10.1. The van der Waals surface area contributed by atoms with E-state index in [0.717, 1.165) is 40.6 Å². The quantitative estimate of drug-likeness (QED) is 0.292. The molecule has 34 heavy (non-hydrogen) atoms. The van der Waals surface area contributed by atoms with Crippen LogP contribution in [0.1, 0.15) is 25.7 Å². The molecule has 1 aliphatic rings. The van der Waals surface area contributed by atoms with E-state index in [1.54, 1.807) is 24.3 Å². The first kappa shape index (κ1) is 22.1. The standard InChI is InChI=1S/C29H29NO4/c31-23-6-3-4-20(18-23)27-13-7-21-19-24(32)8-14-28(21)29(27)34-26-11-9-25(10-12-26)33-17-15-22-5-1-2-16-30-22/h3-4,6-14,18-19,22,30-32H,1-2,5,15-17H2. The van der Waals surface area contributed by atoms with E-state index in [-0.39, 0.29) is 11.5 Å². The third-order valence-corrected chi connectivity index (χ3v) is 6.30. The van der Waals surface area contributed by atoms with E-state index < -0.39 is 0 Å². The van der Waals surface area contributed by atoms with Crippen molar-refractivity contribution in [1.29, 1.82) is 0 Å². The van der Waals surface area contributed by atoms with Crippen LogP contribution < -0.4 is 14.8 Å². The molecule has 0 bridgehead atoms.